The number of halogens is 2. The third-order valence-electron chi connectivity index (χ3n) is 5.39. The number of hydrogen-bond donors (Lipinski definition) is 2. The third kappa shape index (κ3) is 4.14. The molecule has 8 heteroatoms. The van der Waals surface area contributed by atoms with Crippen LogP contribution in [0.1, 0.15) is 29.7 Å². The molecule has 0 radical (unpaired) electrons. The topological polar surface area (TPSA) is 65.1 Å². The molecule has 1 aliphatic carbocycles. The number of aromatic nitrogens is 2. The van der Waals surface area contributed by atoms with E-state index < -0.39 is 6.17 Å². The Hall–Kier alpha value is -1.77. The monoisotopic (exact) mass is 408 g/mol. The average molecular weight is 409 g/mol. The van der Waals surface area contributed by atoms with Crippen LogP contribution in [-0.2, 0) is 13.1 Å². The molecule has 3 N–H and O–H groups in total. The van der Waals surface area contributed by atoms with E-state index in [1.807, 2.05) is 10.9 Å². The zero-order valence-electron chi connectivity index (χ0n) is 16.0. The van der Waals surface area contributed by atoms with Crippen molar-refractivity contribution in [2.24, 2.45) is 11.7 Å². The summed E-state index contributed by atoms with van der Waals surface area (Å²) < 4.78 is 35.1. The van der Waals surface area contributed by atoms with E-state index in [0.29, 0.717) is 32.5 Å². The standard InChI is InChI=1S/C20H26F2N4OS/c1-12-10-25-26-2-3-27-20-18(19(12)26)8-17(28-20)11-24-16(9-23)6-13-4-14(21)7-15(22)5-13/h4,8,10,13,15-16,24H,2-3,5-7,9,11,23H2,1H3/t13?,15?,16-/m0/s1. The molecule has 0 spiro atoms. The number of nitrogens with two attached hydrogens (primary N) is 1. The van der Waals surface area contributed by atoms with Crippen molar-refractivity contribution in [1.29, 1.82) is 0 Å². The van der Waals surface area contributed by atoms with Gasteiger partial charge in [0.05, 0.1) is 29.8 Å². The second-order valence-corrected chi connectivity index (χ2v) is 8.72. The zero-order valence-corrected chi connectivity index (χ0v) is 16.8. The Morgan fingerprint density at radius 2 is 2.36 bits per heavy atom. The van der Waals surface area contributed by atoms with Crippen molar-refractivity contribution in [2.75, 3.05) is 13.2 Å². The van der Waals surface area contributed by atoms with Crippen LogP contribution in [0.15, 0.2) is 24.2 Å². The normalized spacial score (nSPS) is 22.6. The van der Waals surface area contributed by atoms with Crippen molar-refractivity contribution >= 4 is 11.3 Å². The molecule has 2 aromatic heterocycles. The minimum Gasteiger partial charge on any atom is -0.481 e. The molecule has 2 unspecified atom stereocenters. The Balaban J connectivity index is 1.43. The molecule has 28 heavy (non-hydrogen) atoms. The van der Waals surface area contributed by atoms with E-state index in [1.165, 1.54) is 0 Å². The van der Waals surface area contributed by atoms with Crippen LogP contribution in [-0.4, -0.2) is 35.1 Å². The molecule has 3 heterocycles. The summed E-state index contributed by atoms with van der Waals surface area (Å²) in [6.07, 6.45) is 3.28. The van der Waals surface area contributed by atoms with Gasteiger partial charge in [0.1, 0.15) is 12.8 Å². The molecular weight excluding hydrogens is 382 g/mol. The SMILES string of the molecule is Cc1cnn2c1-c1cc(CN[C@H](CN)CC3C=C(F)CC(F)C3)sc1OCC2. The first-order valence-electron chi connectivity index (χ1n) is 9.75. The summed E-state index contributed by atoms with van der Waals surface area (Å²) in [5.74, 6) is -0.448. The fraction of sp³-hybridized carbons (Fsp3) is 0.550. The predicted molar refractivity (Wildman–Crippen MR) is 107 cm³/mol. The summed E-state index contributed by atoms with van der Waals surface area (Å²) in [4.78, 5) is 1.14. The van der Waals surface area contributed by atoms with Crippen molar-refractivity contribution in [2.45, 2.75) is 51.5 Å². The number of allylic oxidation sites excluding steroid dienone is 2. The number of nitrogens with one attached hydrogen (secondary N) is 1. The third-order valence-corrected chi connectivity index (χ3v) is 6.44. The maximum Gasteiger partial charge on any atom is 0.183 e. The first-order chi connectivity index (χ1) is 13.5. The molecule has 4 rings (SSSR count). The molecule has 1 aliphatic heterocycles. The summed E-state index contributed by atoms with van der Waals surface area (Å²) in [5, 5.41) is 8.80. The van der Waals surface area contributed by atoms with E-state index in [2.05, 4.69) is 23.4 Å². The number of thiophene rings is 1. The van der Waals surface area contributed by atoms with Crippen LogP contribution in [0, 0.1) is 12.8 Å². The fourth-order valence-electron chi connectivity index (χ4n) is 4.06. The Morgan fingerprint density at radius 3 is 3.14 bits per heavy atom. The van der Waals surface area contributed by atoms with E-state index in [1.54, 1.807) is 17.4 Å². The van der Waals surface area contributed by atoms with Gasteiger partial charge in [-0.1, -0.05) is 0 Å². The van der Waals surface area contributed by atoms with Gasteiger partial charge in [-0.25, -0.2) is 8.78 Å². The van der Waals surface area contributed by atoms with Crippen molar-refractivity contribution in [1.82, 2.24) is 15.1 Å². The number of nitrogens with zero attached hydrogens (tertiary/aromatic N) is 2. The quantitative estimate of drug-likeness (QED) is 0.765. The molecule has 5 nitrogen and oxygen atoms in total. The smallest absolute Gasteiger partial charge is 0.183 e. The van der Waals surface area contributed by atoms with Gasteiger partial charge in [0, 0.05) is 30.4 Å². The summed E-state index contributed by atoms with van der Waals surface area (Å²) in [6.45, 7) is 4.48. The van der Waals surface area contributed by atoms with Crippen LogP contribution >= 0.6 is 11.3 Å². The highest BCUT2D eigenvalue weighted by atomic mass is 32.1. The molecule has 3 atom stereocenters. The van der Waals surface area contributed by atoms with Gasteiger partial charge < -0.3 is 15.8 Å². The first-order valence-corrected chi connectivity index (χ1v) is 10.6. The van der Waals surface area contributed by atoms with E-state index in [0.717, 1.165) is 33.3 Å². The van der Waals surface area contributed by atoms with Gasteiger partial charge in [-0.05, 0) is 43.4 Å². The van der Waals surface area contributed by atoms with E-state index in [-0.39, 0.29) is 24.2 Å². The Labute approximate surface area is 167 Å². The number of rotatable bonds is 6. The highest BCUT2D eigenvalue weighted by Crippen LogP contribution is 2.41. The Bertz CT molecular complexity index is 863. The van der Waals surface area contributed by atoms with Crippen LogP contribution in [0.2, 0.25) is 0 Å². The second kappa shape index (κ2) is 8.31. The van der Waals surface area contributed by atoms with Gasteiger partial charge in [-0.15, -0.1) is 11.3 Å². The highest BCUT2D eigenvalue weighted by Gasteiger charge is 2.25. The van der Waals surface area contributed by atoms with Crippen LogP contribution < -0.4 is 15.8 Å². The van der Waals surface area contributed by atoms with Gasteiger partial charge in [-0.3, -0.25) is 4.68 Å². The van der Waals surface area contributed by atoms with Crippen molar-refractivity contribution in [3.05, 3.63) is 34.6 Å². The zero-order chi connectivity index (χ0) is 19.7. The molecule has 0 amide bonds. The molecule has 0 saturated heterocycles. The summed E-state index contributed by atoms with van der Waals surface area (Å²) in [6, 6.07) is 2.15. The maximum absolute atomic E-state index is 13.6. The molecule has 2 aliphatic rings. The molecule has 2 aromatic rings. The molecule has 0 bridgehead atoms. The fourth-order valence-corrected chi connectivity index (χ4v) is 5.04. The van der Waals surface area contributed by atoms with E-state index in [4.69, 9.17) is 10.5 Å². The van der Waals surface area contributed by atoms with Crippen molar-refractivity contribution in [3.8, 4) is 16.3 Å². The van der Waals surface area contributed by atoms with E-state index >= 15 is 0 Å². The predicted octanol–water partition coefficient (Wildman–Crippen LogP) is 3.72. The minimum absolute atomic E-state index is 0.00874. The van der Waals surface area contributed by atoms with Crippen LogP contribution in [0.25, 0.3) is 11.3 Å². The number of alkyl halides is 1. The second-order valence-electron chi connectivity index (χ2n) is 7.62. The molecule has 0 saturated carbocycles. The number of ether oxygens (including phenoxy) is 1. The molecule has 152 valence electrons. The molecule has 0 aromatic carbocycles. The summed E-state index contributed by atoms with van der Waals surface area (Å²) in [7, 11) is 0. The van der Waals surface area contributed by atoms with Crippen molar-refractivity contribution < 1.29 is 13.5 Å². The maximum atomic E-state index is 13.6. The van der Waals surface area contributed by atoms with Gasteiger partial charge in [-0.2, -0.15) is 5.10 Å². The minimum atomic E-state index is -1.09. The lowest BCUT2D eigenvalue weighted by Crippen LogP contribution is -2.37. The number of aryl methyl sites for hydroxylation is 1. The Kier molecular flexibility index (Phi) is 5.80. The summed E-state index contributed by atoms with van der Waals surface area (Å²) >= 11 is 1.63. The molecular formula is C20H26F2N4OS. The van der Waals surface area contributed by atoms with Crippen LogP contribution in [0.5, 0.6) is 5.06 Å². The van der Waals surface area contributed by atoms with Gasteiger partial charge in [0.2, 0.25) is 0 Å². The lowest BCUT2D eigenvalue weighted by molar-refractivity contribution is 0.238. The van der Waals surface area contributed by atoms with Crippen molar-refractivity contribution in [3.63, 3.8) is 0 Å². The van der Waals surface area contributed by atoms with Gasteiger partial charge in [0.25, 0.3) is 0 Å². The highest BCUT2D eigenvalue weighted by molar-refractivity contribution is 7.14. The number of hydrogen-bond acceptors (Lipinski definition) is 5. The number of fused-ring (bicyclic) bond motifs is 3. The first kappa shape index (κ1) is 19.5. The Morgan fingerprint density at radius 1 is 1.50 bits per heavy atom. The molecule has 0 fully saturated rings. The average Bonchev–Trinajstić information content (AvgIpc) is 3.16. The lowest BCUT2D eigenvalue weighted by Gasteiger charge is -2.25. The van der Waals surface area contributed by atoms with Gasteiger partial charge in [0.15, 0.2) is 5.06 Å². The summed E-state index contributed by atoms with van der Waals surface area (Å²) in [5.41, 5.74) is 9.24. The van der Waals surface area contributed by atoms with E-state index in [9.17, 15) is 8.78 Å². The van der Waals surface area contributed by atoms with Crippen LogP contribution in [0.4, 0.5) is 8.78 Å². The van der Waals surface area contributed by atoms with Crippen LogP contribution in [0.3, 0.4) is 0 Å². The largest absolute Gasteiger partial charge is 0.481 e. The lowest BCUT2D eigenvalue weighted by atomic mass is 9.88. The van der Waals surface area contributed by atoms with Gasteiger partial charge >= 0.3 is 0 Å².